The first-order chi connectivity index (χ1) is 13.3. The molecule has 2 heterocycles. The van der Waals surface area contributed by atoms with Gasteiger partial charge in [-0.05, 0) is 29.8 Å². The third-order valence-electron chi connectivity index (χ3n) is 4.11. The second kappa shape index (κ2) is 7.78. The number of ether oxygens (including phenoxy) is 1. The molecule has 1 N–H and O–H groups in total. The second-order valence-corrected chi connectivity index (χ2v) is 5.98. The number of fused-ring (bicyclic) bond motifs is 1. The number of halogens is 1. The van der Waals surface area contributed by atoms with E-state index in [-0.39, 0.29) is 5.82 Å². The lowest BCUT2D eigenvalue weighted by molar-refractivity contribution is 0.291. The molecule has 4 aromatic rings. The van der Waals surface area contributed by atoms with Crippen LogP contribution < -0.4 is 10.1 Å². The van der Waals surface area contributed by atoms with E-state index in [0.29, 0.717) is 35.8 Å². The van der Waals surface area contributed by atoms with E-state index in [4.69, 9.17) is 4.74 Å². The smallest absolute Gasteiger partial charge is 0.218 e. The first-order valence-corrected chi connectivity index (χ1v) is 8.54. The molecule has 27 heavy (non-hydrogen) atoms. The molecule has 0 amide bonds. The van der Waals surface area contributed by atoms with E-state index in [9.17, 15) is 4.39 Å². The van der Waals surface area contributed by atoms with Crippen molar-refractivity contribution < 1.29 is 9.13 Å². The highest BCUT2D eigenvalue weighted by Crippen LogP contribution is 2.22. The number of nitrogens with zero attached hydrogens (tertiary/aromatic N) is 3. The van der Waals surface area contributed by atoms with Crippen molar-refractivity contribution in [3.05, 3.63) is 90.1 Å². The Balaban J connectivity index is 1.51. The summed E-state index contributed by atoms with van der Waals surface area (Å²) >= 11 is 0. The van der Waals surface area contributed by atoms with Crippen molar-refractivity contribution in [2.24, 2.45) is 0 Å². The van der Waals surface area contributed by atoms with Gasteiger partial charge in [-0.25, -0.2) is 19.3 Å². The van der Waals surface area contributed by atoms with E-state index in [1.807, 2.05) is 42.5 Å². The van der Waals surface area contributed by atoms with Crippen molar-refractivity contribution in [2.45, 2.75) is 13.2 Å². The first kappa shape index (κ1) is 16.9. The monoisotopic (exact) mass is 360 g/mol. The average Bonchev–Trinajstić information content (AvgIpc) is 2.72. The molecule has 0 bridgehead atoms. The molecule has 0 saturated heterocycles. The third kappa shape index (κ3) is 4.00. The van der Waals surface area contributed by atoms with Crippen LogP contribution in [0.2, 0.25) is 0 Å². The molecule has 0 radical (unpaired) electrons. The number of anilines is 1. The van der Waals surface area contributed by atoms with Crippen molar-refractivity contribution in [3.8, 4) is 5.88 Å². The molecule has 0 aliphatic rings. The second-order valence-electron chi connectivity index (χ2n) is 5.98. The lowest BCUT2D eigenvalue weighted by Gasteiger charge is -2.12. The zero-order valence-electron chi connectivity index (χ0n) is 14.5. The van der Waals surface area contributed by atoms with Crippen LogP contribution in [0.3, 0.4) is 0 Å². The van der Waals surface area contributed by atoms with Gasteiger partial charge in [-0.1, -0.05) is 36.4 Å². The third-order valence-corrected chi connectivity index (χ3v) is 4.11. The van der Waals surface area contributed by atoms with Crippen LogP contribution in [-0.4, -0.2) is 15.0 Å². The van der Waals surface area contributed by atoms with Crippen LogP contribution in [0.25, 0.3) is 10.9 Å². The SMILES string of the molecule is Fc1ccc2ncnc(NCc3cccnc3OCc3ccccc3)c2c1. The normalized spacial score (nSPS) is 10.7. The predicted molar refractivity (Wildman–Crippen MR) is 102 cm³/mol. The number of hydrogen-bond donors (Lipinski definition) is 1. The molecule has 0 aliphatic heterocycles. The van der Waals surface area contributed by atoms with Crippen molar-refractivity contribution in [1.29, 1.82) is 0 Å². The molecule has 0 saturated carbocycles. The Kier molecular flexibility index (Phi) is 4.87. The van der Waals surface area contributed by atoms with Crippen molar-refractivity contribution in [3.63, 3.8) is 0 Å². The van der Waals surface area contributed by atoms with Gasteiger partial charge in [0.2, 0.25) is 5.88 Å². The number of nitrogens with one attached hydrogen (secondary N) is 1. The van der Waals surface area contributed by atoms with Gasteiger partial charge in [0.15, 0.2) is 0 Å². The summed E-state index contributed by atoms with van der Waals surface area (Å²) in [4.78, 5) is 12.7. The molecule has 4 rings (SSSR count). The number of aromatic nitrogens is 3. The fourth-order valence-electron chi connectivity index (χ4n) is 2.76. The van der Waals surface area contributed by atoms with Gasteiger partial charge in [-0.2, -0.15) is 0 Å². The van der Waals surface area contributed by atoms with Crippen LogP contribution >= 0.6 is 0 Å². The van der Waals surface area contributed by atoms with E-state index in [1.54, 1.807) is 12.3 Å². The number of hydrogen-bond acceptors (Lipinski definition) is 5. The minimum atomic E-state index is -0.325. The van der Waals surface area contributed by atoms with Crippen LogP contribution in [0.5, 0.6) is 5.88 Å². The van der Waals surface area contributed by atoms with Crippen LogP contribution in [0.15, 0.2) is 73.2 Å². The Bertz CT molecular complexity index is 1060. The maximum absolute atomic E-state index is 13.6. The zero-order chi connectivity index (χ0) is 18.5. The molecule has 0 atom stereocenters. The summed E-state index contributed by atoms with van der Waals surface area (Å²) in [5.41, 5.74) is 2.64. The Morgan fingerprint density at radius 3 is 2.70 bits per heavy atom. The van der Waals surface area contributed by atoms with E-state index in [1.165, 1.54) is 18.5 Å². The minimum absolute atomic E-state index is 0.325. The first-order valence-electron chi connectivity index (χ1n) is 8.54. The van der Waals surface area contributed by atoms with Crippen LogP contribution in [-0.2, 0) is 13.2 Å². The largest absolute Gasteiger partial charge is 0.473 e. The summed E-state index contributed by atoms with van der Waals surface area (Å²) in [5.74, 6) is 0.796. The highest BCUT2D eigenvalue weighted by molar-refractivity contribution is 5.88. The lowest BCUT2D eigenvalue weighted by Crippen LogP contribution is -2.06. The molecule has 0 fully saturated rings. The molecule has 5 nitrogen and oxygen atoms in total. The van der Waals surface area contributed by atoms with Gasteiger partial charge >= 0.3 is 0 Å². The summed E-state index contributed by atoms with van der Waals surface area (Å²) in [6, 6.07) is 18.1. The molecular formula is C21H17FN4O. The number of pyridine rings is 1. The Morgan fingerprint density at radius 1 is 0.926 bits per heavy atom. The highest BCUT2D eigenvalue weighted by atomic mass is 19.1. The van der Waals surface area contributed by atoms with Gasteiger partial charge in [0.05, 0.1) is 5.52 Å². The van der Waals surface area contributed by atoms with Gasteiger partial charge in [0.1, 0.15) is 24.6 Å². The molecule has 6 heteroatoms. The average molecular weight is 360 g/mol. The van der Waals surface area contributed by atoms with Crippen molar-refractivity contribution in [1.82, 2.24) is 15.0 Å². The van der Waals surface area contributed by atoms with Crippen LogP contribution in [0.1, 0.15) is 11.1 Å². The molecule has 0 unspecified atom stereocenters. The van der Waals surface area contributed by atoms with E-state index in [0.717, 1.165) is 11.1 Å². The van der Waals surface area contributed by atoms with Gasteiger partial charge in [0, 0.05) is 23.7 Å². The highest BCUT2D eigenvalue weighted by Gasteiger charge is 2.08. The van der Waals surface area contributed by atoms with E-state index >= 15 is 0 Å². The molecule has 0 spiro atoms. The number of rotatable bonds is 6. The standard InChI is InChI=1S/C21H17FN4O/c22-17-8-9-19-18(11-17)20(26-14-25-19)24-12-16-7-4-10-23-21(16)27-13-15-5-2-1-3-6-15/h1-11,14H,12-13H2,(H,24,25,26). The van der Waals surface area contributed by atoms with Gasteiger partial charge in [-0.15, -0.1) is 0 Å². The Labute approximate surface area is 155 Å². The molecule has 2 aromatic heterocycles. The molecular weight excluding hydrogens is 343 g/mol. The van der Waals surface area contributed by atoms with Gasteiger partial charge in [0.25, 0.3) is 0 Å². The van der Waals surface area contributed by atoms with E-state index < -0.39 is 0 Å². The zero-order valence-corrected chi connectivity index (χ0v) is 14.5. The predicted octanol–water partition coefficient (Wildman–Crippen LogP) is 4.36. The van der Waals surface area contributed by atoms with Crippen molar-refractivity contribution in [2.75, 3.05) is 5.32 Å². The summed E-state index contributed by atoms with van der Waals surface area (Å²) in [6.45, 7) is 0.882. The lowest BCUT2D eigenvalue weighted by atomic mass is 10.2. The van der Waals surface area contributed by atoms with Gasteiger partial charge in [-0.3, -0.25) is 0 Å². The topological polar surface area (TPSA) is 59.9 Å². The Hall–Kier alpha value is -3.54. The van der Waals surface area contributed by atoms with Crippen LogP contribution in [0.4, 0.5) is 10.2 Å². The molecule has 0 aliphatic carbocycles. The number of benzene rings is 2. The van der Waals surface area contributed by atoms with Crippen molar-refractivity contribution >= 4 is 16.7 Å². The fraction of sp³-hybridized carbons (Fsp3) is 0.0952. The Morgan fingerprint density at radius 2 is 1.81 bits per heavy atom. The minimum Gasteiger partial charge on any atom is -0.473 e. The molecule has 134 valence electrons. The summed E-state index contributed by atoms with van der Waals surface area (Å²) in [5, 5.41) is 3.86. The maximum atomic E-state index is 13.6. The summed E-state index contributed by atoms with van der Waals surface area (Å²) in [7, 11) is 0. The van der Waals surface area contributed by atoms with Crippen LogP contribution in [0, 0.1) is 5.82 Å². The van der Waals surface area contributed by atoms with Gasteiger partial charge < -0.3 is 10.1 Å². The summed E-state index contributed by atoms with van der Waals surface area (Å²) < 4.78 is 19.5. The maximum Gasteiger partial charge on any atom is 0.218 e. The van der Waals surface area contributed by atoms with E-state index in [2.05, 4.69) is 20.3 Å². The molecule has 2 aromatic carbocycles. The quantitative estimate of drug-likeness (QED) is 0.554. The summed E-state index contributed by atoms with van der Waals surface area (Å²) in [6.07, 6.45) is 3.15. The fourth-order valence-corrected chi connectivity index (χ4v) is 2.76.